The van der Waals surface area contributed by atoms with E-state index in [1.165, 1.54) is 21.9 Å². The van der Waals surface area contributed by atoms with Gasteiger partial charge in [-0.2, -0.15) is 0 Å². The van der Waals surface area contributed by atoms with Gasteiger partial charge in [-0.25, -0.2) is 4.98 Å². The standard InChI is InChI=1S/C22H19N3O3S2/c1-13-9-16(29-3)7-8-18(13)24-20(26)17-11-23-22-25(21(17)27)19(12-30-22)14-5-4-6-15(10-14)28-2/h4-12H,1-3H3,(H,24,26). The third kappa shape index (κ3) is 3.71. The van der Waals surface area contributed by atoms with Crippen LogP contribution in [0.15, 0.2) is 63.7 Å². The molecule has 2 aromatic carbocycles. The molecule has 0 atom stereocenters. The number of nitrogens with zero attached hydrogens (tertiary/aromatic N) is 2. The van der Waals surface area contributed by atoms with Crippen LogP contribution < -0.4 is 15.6 Å². The number of methoxy groups -OCH3 is 1. The van der Waals surface area contributed by atoms with Crippen LogP contribution in [0.4, 0.5) is 5.69 Å². The highest BCUT2D eigenvalue weighted by Crippen LogP contribution is 2.27. The Morgan fingerprint density at radius 1 is 1.23 bits per heavy atom. The number of rotatable bonds is 5. The van der Waals surface area contributed by atoms with Crippen LogP contribution in [-0.2, 0) is 0 Å². The molecule has 152 valence electrons. The van der Waals surface area contributed by atoms with E-state index in [1.54, 1.807) is 18.9 Å². The van der Waals surface area contributed by atoms with Gasteiger partial charge in [0.1, 0.15) is 11.3 Å². The second kappa shape index (κ2) is 8.33. The Hall–Kier alpha value is -3.10. The number of hydrogen-bond acceptors (Lipinski definition) is 6. The molecule has 2 heterocycles. The Kier molecular flexibility index (Phi) is 5.61. The minimum atomic E-state index is -0.482. The Labute approximate surface area is 181 Å². The van der Waals surface area contributed by atoms with Crippen LogP contribution in [-0.4, -0.2) is 28.7 Å². The van der Waals surface area contributed by atoms with Crippen molar-refractivity contribution >= 4 is 39.7 Å². The summed E-state index contributed by atoms with van der Waals surface area (Å²) in [6, 6.07) is 13.2. The molecule has 4 aromatic rings. The second-order valence-corrected chi connectivity index (χ2v) is 8.30. The van der Waals surface area contributed by atoms with Crippen molar-refractivity contribution in [2.45, 2.75) is 11.8 Å². The molecule has 0 aliphatic heterocycles. The molecule has 0 fully saturated rings. The normalized spacial score (nSPS) is 10.9. The van der Waals surface area contributed by atoms with Crippen LogP contribution in [0.25, 0.3) is 16.2 Å². The van der Waals surface area contributed by atoms with Crippen molar-refractivity contribution < 1.29 is 9.53 Å². The highest BCUT2D eigenvalue weighted by molar-refractivity contribution is 7.98. The number of nitrogens with one attached hydrogen (secondary N) is 1. The molecule has 0 saturated carbocycles. The zero-order valence-corrected chi connectivity index (χ0v) is 18.3. The van der Waals surface area contributed by atoms with E-state index in [4.69, 9.17) is 4.74 Å². The Balaban J connectivity index is 1.74. The number of carbonyl (C=O) groups excluding carboxylic acids is 1. The molecule has 0 bridgehead atoms. The molecule has 8 heteroatoms. The minimum Gasteiger partial charge on any atom is -0.497 e. The van der Waals surface area contributed by atoms with Gasteiger partial charge in [-0.15, -0.1) is 23.1 Å². The number of aryl methyl sites for hydroxylation is 1. The van der Waals surface area contributed by atoms with Crippen molar-refractivity contribution in [2.24, 2.45) is 0 Å². The van der Waals surface area contributed by atoms with Gasteiger partial charge in [-0.1, -0.05) is 12.1 Å². The van der Waals surface area contributed by atoms with Crippen molar-refractivity contribution in [3.05, 3.63) is 75.5 Å². The number of ether oxygens (including phenoxy) is 1. The first-order chi connectivity index (χ1) is 14.5. The second-order valence-electron chi connectivity index (χ2n) is 6.58. The lowest BCUT2D eigenvalue weighted by Crippen LogP contribution is -2.26. The molecule has 6 nitrogen and oxygen atoms in total. The van der Waals surface area contributed by atoms with E-state index >= 15 is 0 Å². The maximum atomic E-state index is 13.2. The average Bonchev–Trinajstić information content (AvgIpc) is 3.20. The lowest BCUT2D eigenvalue weighted by Gasteiger charge is -2.10. The largest absolute Gasteiger partial charge is 0.497 e. The quantitative estimate of drug-likeness (QED) is 0.458. The summed E-state index contributed by atoms with van der Waals surface area (Å²) < 4.78 is 6.76. The molecule has 4 rings (SSSR count). The number of thiazole rings is 1. The Morgan fingerprint density at radius 3 is 2.80 bits per heavy atom. The molecule has 30 heavy (non-hydrogen) atoms. The van der Waals surface area contributed by atoms with E-state index < -0.39 is 11.5 Å². The smallest absolute Gasteiger partial charge is 0.271 e. The number of benzene rings is 2. The zero-order chi connectivity index (χ0) is 21.3. The molecule has 0 aliphatic carbocycles. The van der Waals surface area contributed by atoms with Crippen molar-refractivity contribution in [2.75, 3.05) is 18.7 Å². The number of fused-ring (bicyclic) bond motifs is 1. The molecule has 1 N–H and O–H groups in total. The van der Waals surface area contributed by atoms with Gasteiger partial charge < -0.3 is 10.1 Å². The van der Waals surface area contributed by atoms with Crippen molar-refractivity contribution in [3.8, 4) is 17.0 Å². The van der Waals surface area contributed by atoms with Gasteiger partial charge in [-0.3, -0.25) is 14.0 Å². The number of carbonyl (C=O) groups is 1. The van der Waals surface area contributed by atoms with Crippen LogP contribution in [0.2, 0.25) is 0 Å². The monoisotopic (exact) mass is 437 g/mol. The maximum Gasteiger partial charge on any atom is 0.271 e. The van der Waals surface area contributed by atoms with E-state index in [0.717, 1.165) is 16.0 Å². The van der Waals surface area contributed by atoms with Crippen molar-refractivity contribution in [1.82, 2.24) is 9.38 Å². The lowest BCUT2D eigenvalue weighted by atomic mass is 10.1. The third-order valence-electron chi connectivity index (χ3n) is 4.74. The third-order valence-corrected chi connectivity index (χ3v) is 6.30. The molecule has 0 radical (unpaired) electrons. The van der Waals surface area contributed by atoms with Gasteiger partial charge >= 0.3 is 0 Å². The van der Waals surface area contributed by atoms with E-state index in [2.05, 4.69) is 10.3 Å². The zero-order valence-electron chi connectivity index (χ0n) is 16.6. The molecule has 0 unspecified atom stereocenters. The predicted octanol–water partition coefficient (Wildman–Crippen LogP) is 4.71. The Bertz CT molecular complexity index is 1310. The van der Waals surface area contributed by atoms with E-state index in [0.29, 0.717) is 22.1 Å². The predicted molar refractivity (Wildman–Crippen MR) is 122 cm³/mol. The molecule has 0 saturated heterocycles. The summed E-state index contributed by atoms with van der Waals surface area (Å²) in [7, 11) is 1.59. The summed E-state index contributed by atoms with van der Waals surface area (Å²) in [6.45, 7) is 1.92. The van der Waals surface area contributed by atoms with E-state index in [1.807, 2.05) is 61.0 Å². The average molecular weight is 438 g/mol. The van der Waals surface area contributed by atoms with Crippen LogP contribution in [0, 0.1) is 6.92 Å². The molecule has 0 aliphatic rings. The summed E-state index contributed by atoms with van der Waals surface area (Å²) in [4.78, 5) is 32.0. The maximum absolute atomic E-state index is 13.2. The fraction of sp³-hybridized carbons (Fsp3) is 0.136. The SMILES string of the molecule is COc1cccc(-c2csc3ncc(C(=O)Nc4ccc(SC)cc4C)c(=O)n23)c1. The first kappa shape index (κ1) is 20.2. The van der Waals surface area contributed by atoms with Gasteiger partial charge in [0.05, 0.1) is 12.8 Å². The summed E-state index contributed by atoms with van der Waals surface area (Å²) in [5.74, 6) is 0.204. The molecular formula is C22H19N3O3S2. The highest BCUT2D eigenvalue weighted by Gasteiger charge is 2.18. The van der Waals surface area contributed by atoms with Crippen LogP contribution in [0.3, 0.4) is 0 Å². The summed E-state index contributed by atoms with van der Waals surface area (Å²) in [5, 5.41) is 4.69. The number of aromatic nitrogens is 2. The lowest BCUT2D eigenvalue weighted by molar-refractivity contribution is 0.102. The Morgan fingerprint density at radius 2 is 2.07 bits per heavy atom. The van der Waals surface area contributed by atoms with E-state index in [-0.39, 0.29) is 5.56 Å². The topological polar surface area (TPSA) is 72.7 Å². The molecule has 1 amide bonds. The number of hydrogen-bond donors (Lipinski definition) is 1. The van der Waals surface area contributed by atoms with E-state index in [9.17, 15) is 9.59 Å². The van der Waals surface area contributed by atoms with Crippen LogP contribution in [0.1, 0.15) is 15.9 Å². The molecule has 0 spiro atoms. The van der Waals surface area contributed by atoms with Crippen molar-refractivity contribution in [1.29, 1.82) is 0 Å². The molecular weight excluding hydrogens is 418 g/mol. The fourth-order valence-corrected chi connectivity index (χ4v) is 4.48. The van der Waals surface area contributed by atoms with Crippen LogP contribution >= 0.6 is 23.1 Å². The van der Waals surface area contributed by atoms with Crippen molar-refractivity contribution in [3.63, 3.8) is 0 Å². The molecule has 2 aromatic heterocycles. The number of anilines is 1. The fourth-order valence-electron chi connectivity index (χ4n) is 3.13. The number of amides is 1. The highest BCUT2D eigenvalue weighted by atomic mass is 32.2. The first-order valence-electron chi connectivity index (χ1n) is 9.11. The van der Waals surface area contributed by atoms with Gasteiger partial charge in [0, 0.05) is 27.7 Å². The summed E-state index contributed by atoms with van der Waals surface area (Å²) >= 11 is 2.97. The van der Waals surface area contributed by atoms with Gasteiger partial charge in [0.25, 0.3) is 11.5 Å². The summed E-state index contributed by atoms with van der Waals surface area (Å²) in [6.07, 6.45) is 3.33. The van der Waals surface area contributed by atoms with Gasteiger partial charge in [0.15, 0.2) is 4.96 Å². The first-order valence-corrected chi connectivity index (χ1v) is 11.2. The van der Waals surface area contributed by atoms with Gasteiger partial charge in [0.2, 0.25) is 0 Å². The minimum absolute atomic E-state index is 0.0108. The van der Waals surface area contributed by atoms with Gasteiger partial charge in [-0.05, 0) is 49.1 Å². The summed E-state index contributed by atoms with van der Waals surface area (Å²) in [5.41, 5.74) is 2.66. The van der Waals surface area contributed by atoms with Crippen LogP contribution in [0.5, 0.6) is 5.75 Å². The number of thioether (sulfide) groups is 1.